The minimum Gasteiger partial charge on any atom is -0.339 e. The van der Waals surface area contributed by atoms with E-state index in [1.54, 1.807) is 0 Å². The van der Waals surface area contributed by atoms with Crippen molar-refractivity contribution >= 4 is 28.3 Å². The van der Waals surface area contributed by atoms with Gasteiger partial charge in [-0.25, -0.2) is 4.98 Å². The molecular weight excluding hydrogens is 274 g/mol. The quantitative estimate of drug-likeness (QED) is 0.922. The highest BCUT2D eigenvalue weighted by molar-refractivity contribution is 7.13. The van der Waals surface area contributed by atoms with E-state index in [2.05, 4.69) is 10.3 Å². The Balaban J connectivity index is 1.38. The van der Waals surface area contributed by atoms with Gasteiger partial charge in [0.2, 0.25) is 11.8 Å². The summed E-state index contributed by atoms with van der Waals surface area (Å²) in [6.45, 7) is 0.580. The molecule has 2 heterocycles. The summed E-state index contributed by atoms with van der Waals surface area (Å²) in [6.07, 6.45) is 4.97. The minimum absolute atomic E-state index is 0.0572. The highest BCUT2D eigenvalue weighted by atomic mass is 32.1. The van der Waals surface area contributed by atoms with E-state index in [9.17, 15) is 9.59 Å². The first-order valence-corrected chi connectivity index (χ1v) is 8.14. The molecule has 2 amide bonds. The monoisotopic (exact) mass is 291 g/mol. The number of likely N-dealkylation sites (tertiary alicyclic amines) is 1. The summed E-state index contributed by atoms with van der Waals surface area (Å²) in [5.74, 6) is 0.468. The molecule has 2 saturated carbocycles. The molecule has 2 aliphatic carbocycles. The first-order valence-electron chi connectivity index (χ1n) is 7.26. The second-order valence-corrected chi connectivity index (χ2v) is 6.88. The zero-order chi connectivity index (χ0) is 13.7. The van der Waals surface area contributed by atoms with Crippen LogP contribution < -0.4 is 5.32 Å². The van der Waals surface area contributed by atoms with Crippen LogP contribution in [0.1, 0.15) is 43.7 Å². The second kappa shape index (κ2) is 4.55. The molecule has 3 fully saturated rings. The molecule has 0 radical (unpaired) electrons. The van der Waals surface area contributed by atoms with Crippen molar-refractivity contribution in [1.29, 1.82) is 0 Å². The predicted octanol–water partition coefficient (Wildman–Crippen LogP) is 1.97. The largest absolute Gasteiger partial charge is 0.339 e. The van der Waals surface area contributed by atoms with Gasteiger partial charge in [0.15, 0.2) is 5.13 Å². The molecule has 6 heteroatoms. The lowest BCUT2D eigenvalue weighted by atomic mass is 10.1. The second-order valence-electron chi connectivity index (χ2n) is 6.02. The van der Waals surface area contributed by atoms with Crippen molar-refractivity contribution in [3.05, 3.63) is 11.1 Å². The van der Waals surface area contributed by atoms with Crippen molar-refractivity contribution in [2.45, 2.75) is 44.1 Å². The van der Waals surface area contributed by atoms with Gasteiger partial charge in [0.1, 0.15) is 0 Å². The average molecular weight is 291 g/mol. The van der Waals surface area contributed by atoms with Crippen LogP contribution in [-0.2, 0) is 9.59 Å². The Hall–Kier alpha value is -1.43. The van der Waals surface area contributed by atoms with Crippen molar-refractivity contribution in [1.82, 2.24) is 9.88 Å². The summed E-state index contributed by atoms with van der Waals surface area (Å²) in [4.78, 5) is 30.4. The lowest BCUT2D eigenvalue weighted by Crippen LogP contribution is -2.29. The van der Waals surface area contributed by atoms with Crippen LogP contribution in [0.3, 0.4) is 0 Å². The number of hydrogen-bond acceptors (Lipinski definition) is 4. The van der Waals surface area contributed by atoms with Crippen LogP contribution in [0.15, 0.2) is 5.38 Å². The summed E-state index contributed by atoms with van der Waals surface area (Å²) < 4.78 is 0. The summed E-state index contributed by atoms with van der Waals surface area (Å²) in [5.41, 5.74) is 1.10. The van der Waals surface area contributed by atoms with Crippen LogP contribution in [0.4, 0.5) is 5.13 Å². The maximum Gasteiger partial charge on any atom is 0.231 e. The van der Waals surface area contributed by atoms with Crippen molar-refractivity contribution in [2.24, 2.45) is 5.92 Å². The Morgan fingerprint density at radius 3 is 2.85 bits per heavy atom. The number of thiazole rings is 1. The Kier molecular flexibility index (Phi) is 2.80. The third-order valence-electron chi connectivity index (χ3n) is 4.26. The Labute approximate surface area is 121 Å². The molecule has 4 rings (SSSR count). The molecule has 106 valence electrons. The third-order valence-corrected chi connectivity index (χ3v) is 5.04. The number of nitrogens with zero attached hydrogens (tertiary/aromatic N) is 2. The maximum absolute atomic E-state index is 12.2. The number of anilines is 1. The zero-order valence-electron chi connectivity index (χ0n) is 11.2. The fourth-order valence-electron chi connectivity index (χ4n) is 2.76. The molecule has 3 aliphatic rings. The molecule has 1 aromatic heterocycles. The standard InChI is InChI=1S/C14H17N3O2S/c18-12-5-9(6-17(12)10-3-4-10)13(19)16-14-15-11(7-20-14)8-1-2-8/h7-10H,1-6H2,(H,15,16,19)/t9-/m0/s1. The highest BCUT2D eigenvalue weighted by Crippen LogP contribution is 2.41. The fourth-order valence-corrected chi connectivity index (χ4v) is 3.56. The number of hydrogen-bond donors (Lipinski definition) is 1. The van der Waals surface area contributed by atoms with Crippen LogP contribution in [0, 0.1) is 5.92 Å². The third kappa shape index (κ3) is 2.32. The Bertz CT molecular complexity index is 563. The van der Waals surface area contributed by atoms with Crippen molar-refractivity contribution in [2.75, 3.05) is 11.9 Å². The van der Waals surface area contributed by atoms with Crippen LogP contribution >= 0.6 is 11.3 Å². The summed E-state index contributed by atoms with van der Waals surface area (Å²) >= 11 is 1.48. The van der Waals surface area contributed by atoms with E-state index in [1.807, 2.05) is 10.3 Å². The van der Waals surface area contributed by atoms with Gasteiger partial charge in [0.05, 0.1) is 11.6 Å². The van der Waals surface area contributed by atoms with E-state index < -0.39 is 0 Å². The maximum atomic E-state index is 12.2. The van der Waals surface area contributed by atoms with Crippen LogP contribution in [0.2, 0.25) is 0 Å². The van der Waals surface area contributed by atoms with E-state index in [4.69, 9.17) is 0 Å². The normalized spacial score (nSPS) is 26.1. The van der Waals surface area contributed by atoms with Gasteiger partial charge in [-0.05, 0) is 25.7 Å². The van der Waals surface area contributed by atoms with Crippen LogP contribution in [0.25, 0.3) is 0 Å². The lowest BCUT2D eigenvalue weighted by molar-refractivity contribution is -0.128. The first-order chi connectivity index (χ1) is 9.70. The van der Waals surface area contributed by atoms with Crippen molar-refractivity contribution in [3.8, 4) is 0 Å². The van der Waals surface area contributed by atoms with Gasteiger partial charge >= 0.3 is 0 Å². The van der Waals surface area contributed by atoms with E-state index in [0.717, 1.165) is 18.5 Å². The number of carbonyl (C=O) groups is 2. The van der Waals surface area contributed by atoms with Gasteiger partial charge in [0, 0.05) is 30.3 Å². The van der Waals surface area contributed by atoms with Gasteiger partial charge in [-0.3, -0.25) is 9.59 Å². The molecule has 1 N–H and O–H groups in total. The number of amides is 2. The Morgan fingerprint density at radius 2 is 2.15 bits per heavy atom. The molecule has 0 bridgehead atoms. The molecule has 1 atom stereocenters. The SMILES string of the molecule is O=C(Nc1nc(C2CC2)cs1)[C@H]1CC(=O)N(C2CC2)C1. The van der Waals surface area contributed by atoms with E-state index >= 15 is 0 Å². The van der Waals surface area contributed by atoms with Crippen LogP contribution in [0.5, 0.6) is 0 Å². The molecule has 20 heavy (non-hydrogen) atoms. The molecule has 1 saturated heterocycles. The van der Waals surface area contributed by atoms with Gasteiger partial charge in [-0.15, -0.1) is 11.3 Å². The van der Waals surface area contributed by atoms with E-state index in [0.29, 0.717) is 30.1 Å². The van der Waals surface area contributed by atoms with Crippen molar-refractivity contribution < 1.29 is 9.59 Å². The molecule has 0 aromatic carbocycles. The fraction of sp³-hybridized carbons (Fsp3) is 0.643. The topological polar surface area (TPSA) is 62.3 Å². The number of aromatic nitrogens is 1. The first kappa shape index (κ1) is 12.3. The molecule has 1 aliphatic heterocycles. The lowest BCUT2D eigenvalue weighted by Gasteiger charge is -2.14. The molecule has 1 aromatic rings. The molecular formula is C14H17N3O2S. The van der Waals surface area contributed by atoms with Gasteiger partial charge < -0.3 is 10.2 Å². The predicted molar refractivity (Wildman–Crippen MR) is 75.6 cm³/mol. The number of nitrogens with one attached hydrogen (secondary N) is 1. The number of carbonyl (C=O) groups excluding carboxylic acids is 2. The average Bonchev–Trinajstić information content (AvgIpc) is 3.35. The minimum atomic E-state index is -0.212. The zero-order valence-corrected chi connectivity index (χ0v) is 12.0. The summed E-state index contributed by atoms with van der Waals surface area (Å²) in [7, 11) is 0. The molecule has 5 nitrogen and oxygen atoms in total. The van der Waals surface area contributed by atoms with Gasteiger partial charge in [-0.2, -0.15) is 0 Å². The molecule has 0 spiro atoms. The summed E-state index contributed by atoms with van der Waals surface area (Å²) in [6, 6.07) is 0.404. The smallest absolute Gasteiger partial charge is 0.231 e. The summed E-state index contributed by atoms with van der Waals surface area (Å²) in [5, 5.41) is 5.58. The number of rotatable bonds is 4. The van der Waals surface area contributed by atoms with E-state index in [1.165, 1.54) is 24.2 Å². The van der Waals surface area contributed by atoms with Crippen LogP contribution in [-0.4, -0.2) is 34.3 Å². The van der Waals surface area contributed by atoms with Gasteiger partial charge in [-0.1, -0.05) is 0 Å². The van der Waals surface area contributed by atoms with Crippen molar-refractivity contribution in [3.63, 3.8) is 0 Å². The molecule has 0 unspecified atom stereocenters. The van der Waals surface area contributed by atoms with E-state index in [-0.39, 0.29) is 17.7 Å². The highest BCUT2D eigenvalue weighted by Gasteiger charge is 2.41. The van der Waals surface area contributed by atoms with Gasteiger partial charge in [0.25, 0.3) is 0 Å². The Morgan fingerprint density at radius 1 is 1.35 bits per heavy atom.